The molecule has 0 aliphatic carbocycles. The number of nitrogens with zero attached hydrogens (tertiary/aromatic N) is 1. The number of anilines is 1. The number of benzene rings is 1. The van der Waals surface area contributed by atoms with E-state index in [9.17, 15) is 9.59 Å². The van der Waals surface area contributed by atoms with Gasteiger partial charge in [-0.15, -0.1) is 0 Å². The molecule has 2 N–H and O–H groups in total. The number of nitrogens with two attached hydrogens (primary N) is 1. The van der Waals surface area contributed by atoms with Crippen LogP contribution in [-0.2, 0) is 4.79 Å². The summed E-state index contributed by atoms with van der Waals surface area (Å²) < 4.78 is 0. The maximum Gasteiger partial charge on any atom is 0.220 e. The van der Waals surface area contributed by atoms with Crippen molar-refractivity contribution in [2.75, 3.05) is 18.0 Å². The first-order valence-corrected chi connectivity index (χ1v) is 6.28. The molecule has 1 aliphatic heterocycles. The van der Waals surface area contributed by atoms with Crippen molar-refractivity contribution in [3.63, 3.8) is 0 Å². The fourth-order valence-corrected chi connectivity index (χ4v) is 2.49. The van der Waals surface area contributed by atoms with Gasteiger partial charge in [0.05, 0.1) is 0 Å². The number of amides is 1. The summed E-state index contributed by atoms with van der Waals surface area (Å²) in [7, 11) is 0. The van der Waals surface area contributed by atoms with Gasteiger partial charge in [0.1, 0.15) is 0 Å². The molecule has 1 heterocycles. The molecule has 96 valence electrons. The number of rotatable bonds is 3. The van der Waals surface area contributed by atoms with Crippen LogP contribution in [0.25, 0.3) is 0 Å². The van der Waals surface area contributed by atoms with Gasteiger partial charge in [-0.3, -0.25) is 9.59 Å². The Hall–Kier alpha value is -1.55. The standard InChI is InChI=1S/C13H15ClN2O2/c14-11-1-2-12(10(7-11)8-17)16-5-3-9(4-6-16)13(15)18/h1-2,7-9H,3-6H2,(H2,15,18). The Bertz CT molecular complexity index is 468. The quantitative estimate of drug-likeness (QED) is 0.850. The number of aldehydes is 1. The lowest BCUT2D eigenvalue weighted by Gasteiger charge is -2.33. The topological polar surface area (TPSA) is 63.4 Å². The summed E-state index contributed by atoms with van der Waals surface area (Å²) in [6.45, 7) is 1.46. The Labute approximate surface area is 111 Å². The highest BCUT2D eigenvalue weighted by molar-refractivity contribution is 6.31. The van der Waals surface area contributed by atoms with Crippen LogP contribution in [0.15, 0.2) is 18.2 Å². The minimum Gasteiger partial charge on any atom is -0.371 e. The molecule has 1 aromatic carbocycles. The Kier molecular flexibility index (Phi) is 3.87. The second-order valence-corrected chi connectivity index (χ2v) is 4.92. The molecule has 1 aromatic rings. The first-order valence-electron chi connectivity index (χ1n) is 5.91. The molecule has 18 heavy (non-hydrogen) atoms. The highest BCUT2D eigenvalue weighted by Gasteiger charge is 2.24. The zero-order chi connectivity index (χ0) is 13.1. The van der Waals surface area contributed by atoms with E-state index < -0.39 is 0 Å². The van der Waals surface area contributed by atoms with Gasteiger partial charge >= 0.3 is 0 Å². The van der Waals surface area contributed by atoms with E-state index in [0.29, 0.717) is 10.6 Å². The van der Waals surface area contributed by atoms with Crippen molar-refractivity contribution in [2.24, 2.45) is 11.7 Å². The van der Waals surface area contributed by atoms with Crippen LogP contribution in [0, 0.1) is 5.92 Å². The van der Waals surface area contributed by atoms with Crippen LogP contribution in [0.3, 0.4) is 0 Å². The molecule has 1 amide bonds. The molecule has 0 bridgehead atoms. The van der Waals surface area contributed by atoms with Crippen LogP contribution in [-0.4, -0.2) is 25.3 Å². The van der Waals surface area contributed by atoms with Gasteiger partial charge in [-0.1, -0.05) is 11.6 Å². The number of hydrogen-bond acceptors (Lipinski definition) is 3. The molecule has 0 saturated carbocycles. The number of carbonyl (C=O) groups excluding carboxylic acids is 2. The first-order chi connectivity index (χ1) is 8.61. The second kappa shape index (κ2) is 5.40. The van der Waals surface area contributed by atoms with Crippen LogP contribution in [0.4, 0.5) is 5.69 Å². The monoisotopic (exact) mass is 266 g/mol. The van der Waals surface area contributed by atoms with Gasteiger partial charge in [0, 0.05) is 35.3 Å². The minimum absolute atomic E-state index is 0.0479. The predicted molar refractivity (Wildman–Crippen MR) is 71.0 cm³/mol. The lowest BCUT2D eigenvalue weighted by molar-refractivity contribution is -0.122. The molecule has 5 heteroatoms. The van der Waals surface area contributed by atoms with E-state index in [1.54, 1.807) is 12.1 Å². The van der Waals surface area contributed by atoms with E-state index >= 15 is 0 Å². The van der Waals surface area contributed by atoms with Crippen LogP contribution in [0.5, 0.6) is 0 Å². The van der Waals surface area contributed by atoms with Gasteiger partial charge in [-0.2, -0.15) is 0 Å². The SMILES string of the molecule is NC(=O)C1CCN(c2ccc(Cl)cc2C=O)CC1. The van der Waals surface area contributed by atoms with Gasteiger partial charge in [-0.25, -0.2) is 0 Å². The van der Waals surface area contributed by atoms with Crippen LogP contribution in [0.1, 0.15) is 23.2 Å². The maximum atomic E-state index is 11.1. The third-order valence-electron chi connectivity index (χ3n) is 3.35. The normalized spacial score (nSPS) is 16.6. The van der Waals surface area contributed by atoms with Crippen LogP contribution >= 0.6 is 11.6 Å². The van der Waals surface area contributed by atoms with Gasteiger partial charge in [-0.05, 0) is 31.0 Å². The molecular formula is C13H15ClN2O2. The van der Waals surface area contributed by atoms with E-state index in [1.165, 1.54) is 0 Å². The highest BCUT2D eigenvalue weighted by Crippen LogP contribution is 2.27. The van der Waals surface area contributed by atoms with E-state index in [-0.39, 0.29) is 11.8 Å². The van der Waals surface area contributed by atoms with Crippen molar-refractivity contribution in [3.8, 4) is 0 Å². The summed E-state index contributed by atoms with van der Waals surface area (Å²) >= 11 is 5.86. The fraction of sp³-hybridized carbons (Fsp3) is 0.385. The van der Waals surface area contributed by atoms with Crippen molar-refractivity contribution >= 4 is 29.5 Å². The molecule has 4 nitrogen and oxygen atoms in total. The summed E-state index contributed by atoms with van der Waals surface area (Å²) in [4.78, 5) is 24.2. The fourth-order valence-electron chi connectivity index (χ4n) is 2.31. The third kappa shape index (κ3) is 2.64. The third-order valence-corrected chi connectivity index (χ3v) is 3.59. The van der Waals surface area contributed by atoms with E-state index in [1.807, 2.05) is 6.07 Å². The highest BCUT2D eigenvalue weighted by atomic mass is 35.5. The molecular weight excluding hydrogens is 252 g/mol. The average molecular weight is 267 g/mol. The average Bonchev–Trinajstić information content (AvgIpc) is 2.38. The van der Waals surface area contributed by atoms with Gasteiger partial charge in [0.15, 0.2) is 6.29 Å². The summed E-state index contributed by atoms with van der Waals surface area (Å²) in [5.41, 5.74) is 6.75. The molecule has 0 atom stereocenters. The number of halogens is 1. The Morgan fingerprint density at radius 2 is 2.06 bits per heavy atom. The second-order valence-electron chi connectivity index (χ2n) is 4.48. The zero-order valence-corrected chi connectivity index (χ0v) is 10.7. The lowest BCUT2D eigenvalue weighted by atomic mass is 9.95. The van der Waals surface area contributed by atoms with Gasteiger partial charge in [0.25, 0.3) is 0 Å². The van der Waals surface area contributed by atoms with Crippen LogP contribution in [0.2, 0.25) is 5.02 Å². The molecule has 0 spiro atoms. The molecule has 0 radical (unpaired) electrons. The Morgan fingerprint density at radius 3 is 2.61 bits per heavy atom. The van der Waals surface area contributed by atoms with Crippen LogP contribution < -0.4 is 10.6 Å². The van der Waals surface area contributed by atoms with E-state index in [2.05, 4.69) is 4.90 Å². The molecule has 0 aromatic heterocycles. The first kappa shape index (κ1) is 12.9. The minimum atomic E-state index is -0.235. The largest absolute Gasteiger partial charge is 0.371 e. The number of piperidine rings is 1. The summed E-state index contributed by atoms with van der Waals surface area (Å²) in [5.74, 6) is -0.283. The molecule has 1 aliphatic rings. The van der Waals surface area contributed by atoms with E-state index in [4.69, 9.17) is 17.3 Å². The summed E-state index contributed by atoms with van der Waals surface area (Å²) in [6, 6.07) is 5.27. The summed E-state index contributed by atoms with van der Waals surface area (Å²) in [5, 5.41) is 0.549. The van der Waals surface area contributed by atoms with Crippen molar-refractivity contribution in [3.05, 3.63) is 28.8 Å². The van der Waals surface area contributed by atoms with E-state index in [0.717, 1.165) is 37.9 Å². The Morgan fingerprint density at radius 1 is 1.39 bits per heavy atom. The van der Waals surface area contributed by atoms with Gasteiger partial charge in [0.2, 0.25) is 5.91 Å². The predicted octanol–water partition coefficient (Wildman–Crippen LogP) is 1.85. The number of carbonyl (C=O) groups is 2. The number of hydrogen-bond donors (Lipinski definition) is 1. The van der Waals surface area contributed by atoms with Crippen molar-refractivity contribution in [1.29, 1.82) is 0 Å². The van der Waals surface area contributed by atoms with Crippen molar-refractivity contribution in [2.45, 2.75) is 12.8 Å². The van der Waals surface area contributed by atoms with Crippen molar-refractivity contribution in [1.82, 2.24) is 0 Å². The molecule has 2 rings (SSSR count). The lowest BCUT2D eigenvalue weighted by Crippen LogP contribution is -2.38. The smallest absolute Gasteiger partial charge is 0.220 e. The Balaban J connectivity index is 2.14. The summed E-state index contributed by atoms with van der Waals surface area (Å²) in [6.07, 6.45) is 2.27. The van der Waals surface area contributed by atoms with Gasteiger partial charge < -0.3 is 10.6 Å². The molecule has 1 fully saturated rings. The number of primary amides is 1. The maximum absolute atomic E-state index is 11.1. The molecule has 0 unspecified atom stereocenters. The van der Waals surface area contributed by atoms with Crippen molar-refractivity contribution < 1.29 is 9.59 Å². The molecule has 1 saturated heterocycles. The zero-order valence-electron chi connectivity index (χ0n) is 9.93.